The molecule has 0 aromatic heterocycles. The largest absolute Gasteiger partial charge is 0.315 e. The van der Waals surface area contributed by atoms with Gasteiger partial charge in [-0.25, -0.2) is 0 Å². The van der Waals surface area contributed by atoms with Crippen LogP contribution in [-0.2, 0) is 10.3 Å². The summed E-state index contributed by atoms with van der Waals surface area (Å²) >= 11 is 3.81. The van der Waals surface area contributed by atoms with Gasteiger partial charge in [-0.1, -0.05) is 37.3 Å². The van der Waals surface area contributed by atoms with E-state index in [2.05, 4.69) is 12.6 Å². The highest BCUT2D eigenvalue weighted by atomic mass is 32.1. The lowest BCUT2D eigenvalue weighted by Crippen LogP contribution is -2.41. The van der Waals surface area contributed by atoms with Gasteiger partial charge in [0.05, 0.1) is 0 Å². The summed E-state index contributed by atoms with van der Waals surface area (Å²) in [5.41, 5.74) is 5.81. The molecule has 0 fully saturated rings. The molecule has 0 aliphatic heterocycles. The number of carbonyl (C=O) groups is 1. The number of hydrogen-bond acceptors (Lipinski definition) is 2. The van der Waals surface area contributed by atoms with Crippen LogP contribution in [0.1, 0.15) is 18.9 Å². The monoisotopic (exact) mass is 195 g/mol. The van der Waals surface area contributed by atoms with Crippen LogP contribution in [0.15, 0.2) is 30.3 Å². The number of carbonyl (C=O) groups excluding carboxylic acids is 1. The average molecular weight is 195 g/mol. The number of rotatable bonds is 3. The minimum atomic E-state index is -0.940. The van der Waals surface area contributed by atoms with Crippen molar-refractivity contribution in [1.82, 2.24) is 0 Å². The van der Waals surface area contributed by atoms with Crippen LogP contribution in [-0.4, -0.2) is 5.12 Å². The molecule has 13 heavy (non-hydrogen) atoms. The summed E-state index contributed by atoms with van der Waals surface area (Å²) < 4.78 is 0. The van der Waals surface area contributed by atoms with Crippen LogP contribution in [0.3, 0.4) is 0 Å². The topological polar surface area (TPSA) is 43.1 Å². The number of thiol groups is 1. The molecule has 2 N–H and O–H groups in total. The maximum absolute atomic E-state index is 11.2. The third-order valence-electron chi connectivity index (χ3n) is 2.23. The van der Waals surface area contributed by atoms with E-state index >= 15 is 0 Å². The number of benzene rings is 1. The zero-order valence-corrected chi connectivity index (χ0v) is 8.42. The molecule has 0 spiro atoms. The van der Waals surface area contributed by atoms with E-state index in [4.69, 9.17) is 5.73 Å². The molecule has 70 valence electrons. The third kappa shape index (κ3) is 1.92. The zero-order chi connectivity index (χ0) is 9.90. The first-order valence-electron chi connectivity index (χ1n) is 4.19. The Morgan fingerprint density at radius 1 is 1.46 bits per heavy atom. The van der Waals surface area contributed by atoms with Crippen LogP contribution in [0.4, 0.5) is 0 Å². The van der Waals surface area contributed by atoms with Crippen molar-refractivity contribution in [2.45, 2.75) is 18.9 Å². The van der Waals surface area contributed by atoms with Crippen LogP contribution in [0.25, 0.3) is 0 Å². The Bertz CT molecular complexity index is 299. The molecule has 0 saturated heterocycles. The van der Waals surface area contributed by atoms with Gasteiger partial charge in [-0.05, 0) is 12.0 Å². The molecule has 1 aromatic rings. The normalized spacial score (nSPS) is 15.0. The van der Waals surface area contributed by atoms with Crippen molar-refractivity contribution >= 4 is 17.7 Å². The van der Waals surface area contributed by atoms with E-state index in [0.29, 0.717) is 6.42 Å². The Hall–Kier alpha value is -0.800. The van der Waals surface area contributed by atoms with E-state index in [1.54, 1.807) is 0 Å². The molecule has 1 rings (SSSR count). The molecule has 0 aliphatic carbocycles. The van der Waals surface area contributed by atoms with Gasteiger partial charge in [0, 0.05) is 0 Å². The molecular weight excluding hydrogens is 182 g/mol. The first-order chi connectivity index (χ1) is 6.11. The molecule has 0 radical (unpaired) electrons. The first kappa shape index (κ1) is 10.3. The summed E-state index contributed by atoms with van der Waals surface area (Å²) in [5.74, 6) is 0. The van der Waals surface area contributed by atoms with Crippen molar-refractivity contribution in [3.63, 3.8) is 0 Å². The van der Waals surface area contributed by atoms with E-state index in [9.17, 15) is 4.79 Å². The van der Waals surface area contributed by atoms with Crippen LogP contribution in [0, 0.1) is 0 Å². The number of nitrogens with two attached hydrogens (primary N) is 1. The fraction of sp³-hybridized carbons (Fsp3) is 0.300. The molecule has 0 saturated carbocycles. The molecule has 0 heterocycles. The minimum Gasteiger partial charge on any atom is -0.315 e. The summed E-state index contributed by atoms with van der Waals surface area (Å²) in [5, 5.41) is -0.291. The Kier molecular flexibility index (Phi) is 3.12. The maximum Gasteiger partial charge on any atom is 0.210 e. The Morgan fingerprint density at radius 2 is 2.00 bits per heavy atom. The van der Waals surface area contributed by atoms with Gasteiger partial charge in [-0.3, -0.25) is 4.79 Å². The highest BCUT2D eigenvalue weighted by Crippen LogP contribution is 2.24. The summed E-state index contributed by atoms with van der Waals surface area (Å²) in [7, 11) is 0. The van der Waals surface area contributed by atoms with Crippen molar-refractivity contribution in [3.8, 4) is 0 Å². The molecule has 0 bridgehead atoms. The van der Waals surface area contributed by atoms with Crippen molar-refractivity contribution in [2.24, 2.45) is 5.73 Å². The zero-order valence-electron chi connectivity index (χ0n) is 7.53. The SMILES string of the molecule is CCC(N)(C(=O)S)c1ccccc1. The minimum absolute atomic E-state index is 0.291. The van der Waals surface area contributed by atoms with Crippen LogP contribution in [0.5, 0.6) is 0 Å². The van der Waals surface area contributed by atoms with Gasteiger partial charge in [-0.15, -0.1) is 12.6 Å². The van der Waals surface area contributed by atoms with Crippen molar-refractivity contribution in [3.05, 3.63) is 35.9 Å². The predicted molar refractivity (Wildman–Crippen MR) is 56.6 cm³/mol. The third-order valence-corrected chi connectivity index (χ3v) is 2.63. The average Bonchev–Trinajstić information content (AvgIpc) is 2.17. The molecule has 2 nitrogen and oxygen atoms in total. The summed E-state index contributed by atoms with van der Waals surface area (Å²) in [4.78, 5) is 11.2. The van der Waals surface area contributed by atoms with Gasteiger partial charge < -0.3 is 5.73 Å². The molecule has 1 unspecified atom stereocenters. The lowest BCUT2D eigenvalue weighted by molar-refractivity contribution is -0.115. The molecule has 0 aliphatic rings. The summed E-state index contributed by atoms with van der Waals surface area (Å²) in [6.07, 6.45) is 0.555. The molecule has 1 atom stereocenters. The van der Waals surface area contributed by atoms with E-state index < -0.39 is 5.54 Å². The van der Waals surface area contributed by atoms with Crippen molar-refractivity contribution < 1.29 is 4.79 Å². The fourth-order valence-electron chi connectivity index (χ4n) is 1.21. The quantitative estimate of drug-likeness (QED) is 0.721. The van der Waals surface area contributed by atoms with Crippen LogP contribution >= 0.6 is 12.6 Å². The highest BCUT2D eigenvalue weighted by Gasteiger charge is 2.31. The fourth-order valence-corrected chi connectivity index (χ4v) is 1.50. The van der Waals surface area contributed by atoms with Gasteiger partial charge in [0.2, 0.25) is 5.12 Å². The second kappa shape index (κ2) is 3.94. The van der Waals surface area contributed by atoms with Crippen molar-refractivity contribution in [1.29, 1.82) is 0 Å². The van der Waals surface area contributed by atoms with E-state index in [1.807, 2.05) is 37.3 Å². The highest BCUT2D eigenvalue weighted by molar-refractivity contribution is 7.96. The maximum atomic E-state index is 11.2. The second-order valence-corrected chi connectivity index (χ2v) is 3.40. The standard InChI is InChI=1S/C10H13NOS/c1-2-10(11,9(12)13)8-6-4-3-5-7-8/h3-7H,2,11H2,1H3,(H,12,13). The van der Waals surface area contributed by atoms with Crippen molar-refractivity contribution in [2.75, 3.05) is 0 Å². The predicted octanol–water partition coefficient (Wildman–Crippen LogP) is 1.71. The molecule has 1 aromatic carbocycles. The lowest BCUT2D eigenvalue weighted by Gasteiger charge is -2.24. The Morgan fingerprint density at radius 3 is 2.38 bits per heavy atom. The van der Waals surface area contributed by atoms with Crippen LogP contribution < -0.4 is 5.73 Å². The number of hydrogen-bond donors (Lipinski definition) is 2. The second-order valence-electron chi connectivity index (χ2n) is 3.00. The molecule has 0 amide bonds. The summed E-state index contributed by atoms with van der Waals surface area (Å²) in [6.45, 7) is 1.88. The van der Waals surface area contributed by atoms with Gasteiger partial charge in [0.15, 0.2) is 0 Å². The van der Waals surface area contributed by atoms with Gasteiger partial charge in [0.25, 0.3) is 0 Å². The molecular formula is C10H13NOS. The smallest absolute Gasteiger partial charge is 0.210 e. The molecule has 3 heteroatoms. The Labute approximate surface area is 83.5 Å². The van der Waals surface area contributed by atoms with Gasteiger partial charge in [-0.2, -0.15) is 0 Å². The van der Waals surface area contributed by atoms with E-state index in [1.165, 1.54) is 0 Å². The Balaban J connectivity index is 3.11. The lowest BCUT2D eigenvalue weighted by atomic mass is 9.90. The van der Waals surface area contributed by atoms with Crippen LogP contribution in [0.2, 0.25) is 0 Å². The van der Waals surface area contributed by atoms with E-state index in [0.717, 1.165) is 5.56 Å². The van der Waals surface area contributed by atoms with Gasteiger partial charge in [0.1, 0.15) is 5.54 Å². The van der Waals surface area contributed by atoms with Gasteiger partial charge >= 0.3 is 0 Å². The van der Waals surface area contributed by atoms with E-state index in [-0.39, 0.29) is 5.12 Å². The first-order valence-corrected chi connectivity index (χ1v) is 4.63. The summed E-state index contributed by atoms with van der Waals surface area (Å²) in [6, 6.07) is 9.31.